The van der Waals surface area contributed by atoms with Gasteiger partial charge in [-0.3, -0.25) is 0 Å². The standard InChI is InChI=1S/C19H24N2O4S/c1-14-4-6-15(7-5-14)17(21(2)3)13-20-26(22,23)16-8-9-18-19(12-16)25-11-10-24-18/h4-9,12,17,20H,10-11,13H2,1-3H3. The smallest absolute Gasteiger partial charge is 0.240 e. The second-order valence-electron chi connectivity index (χ2n) is 6.55. The van der Waals surface area contributed by atoms with Crippen molar-refractivity contribution in [1.29, 1.82) is 0 Å². The van der Waals surface area contributed by atoms with Crippen molar-refractivity contribution in [1.82, 2.24) is 9.62 Å². The minimum absolute atomic E-state index is 0.0671. The molecule has 1 N–H and O–H groups in total. The Kier molecular flexibility index (Phi) is 5.50. The van der Waals surface area contributed by atoms with Crippen molar-refractivity contribution in [3.05, 3.63) is 53.6 Å². The Labute approximate surface area is 154 Å². The van der Waals surface area contributed by atoms with Crippen LogP contribution in [-0.2, 0) is 10.0 Å². The van der Waals surface area contributed by atoms with Crippen LogP contribution in [0.3, 0.4) is 0 Å². The van der Waals surface area contributed by atoms with Crippen molar-refractivity contribution >= 4 is 10.0 Å². The molecule has 26 heavy (non-hydrogen) atoms. The molecule has 1 heterocycles. The molecule has 1 unspecified atom stereocenters. The number of fused-ring (bicyclic) bond motifs is 1. The van der Waals surface area contributed by atoms with Gasteiger partial charge in [-0.1, -0.05) is 29.8 Å². The molecule has 0 saturated heterocycles. The molecule has 0 amide bonds. The van der Waals surface area contributed by atoms with Crippen LogP contribution in [0.5, 0.6) is 11.5 Å². The molecule has 0 spiro atoms. The number of likely N-dealkylation sites (N-methyl/N-ethyl adjacent to an activating group) is 1. The van der Waals surface area contributed by atoms with Crippen LogP contribution in [0.1, 0.15) is 17.2 Å². The fourth-order valence-electron chi connectivity index (χ4n) is 2.85. The molecule has 2 aromatic rings. The quantitative estimate of drug-likeness (QED) is 0.838. The second kappa shape index (κ2) is 7.65. The molecule has 7 heteroatoms. The fraction of sp³-hybridized carbons (Fsp3) is 0.368. The van der Waals surface area contributed by atoms with Crippen LogP contribution in [0.15, 0.2) is 47.4 Å². The maximum Gasteiger partial charge on any atom is 0.240 e. The third-order valence-corrected chi connectivity index (χ3v) is 5.80. The summed E-state index contributed by atoms with van der Waals surface area (Å²) in [7, 11) is 0.216. The summed E-state index contributed by atoms with van der Waals surface area (Å²) >= 11 is 0. The van der Waals surface area contributed by atoms with Crippen LogP contribution in [0.4, 0.5) is 0 Å². The number of ether oxygens (including phenoxy) is 2. The van der Waals surface area contributed by atoms with Gasteiger partial charge in [-0.25, -0.2) is 13.1 Å². The zero-order valence-corrected chi connectivity index (χ0v) is 16.0. The van der Waals surface area contributed by atoms with Gasteiger partial charge in [0.25, 0.3) is 0 Å². The first-order chi connectivity index (χ1) is 12.4. The van der Waals surface area contributed by atoms with Gasteiger partial charge in [0.1, 0.15) is 13.2 Å². The topological polar surface area (TPSA) is 67.9 Å². The Hall–Kier alpha value is -2.09. The molecule has 1 aliphatic rings. The number of nitrogens with zero attached hydrogens (tertiary/aromatic N) is 1. The first-order valence-corrected chi connectivity index (χ1v) is 9.97. The lowest BCUT2D eigenvalue weighted by molar-refractivity contribution is 0.171. The summed E-state index contributed by atoms with van der Waals surface area (Å²) in [5.41, 5.74) is 2.23. The first kappa shape index (κ1) is 18.7. The summed E-state index contributed by atoms with van der Waals surface area (Å²) in [6.45, 7) is 3.18. The molecular weight excluding hydrogens is 352 g/mol. The van der Waals surface area contributed by atoms with E-state index in [0.29, 0.717) is 24.7 Å². The van der Waals surface area contributed by atoms with Gasteiger partial charge in [0, 0.05) is 18.7 Å². The van der Waals surface area contributed by atoms with Gasteiger partial charge in [0.05, 0.1) is 4.90 Å². The Morgan fingerprint density at radius 1 is 1.04 bits per heavy atom. The molecule has 0 fully saturated rings. The Morgan fingerprint density at radius 2 is 1.69 bits per heavy atom. The van der Waals surface area contributed by atoms with E-state index < -0.39 is 10.0 Å². The van der Waals surface area contributed by atoms with E-state index in [2.05, 4.69) is 4.72 Å². The number of aryl methyl sites for hydroxylation is 1. The molecule has 0 aliphatic carbocycles. The second-order valence-corrected chi connectivity index (χ2v) is 8.31. The van der Waals surface area contributed by atoms with Crippen LogP contribution in [-0.4, -0.2) is 47.2 Å². The molecule has 0 bridgehead atoms. The van der Waals surface area contributed by atoms with Gasteiger partial charge >= 0.3 is 0 Å². The third-order valence-electron chi connectivity index (χ3n) is 4.38. The van der Waals surface area contributed by atoms with Crippen molar-refractivity contribution in [3.8, 4) is 11.5 Å². The van der Waals surface area contributed by atoms with E-state index in [1.54, 1.807) is 6.07 Å². The Bertz CT molecular complexity index is 864. The lowest BCUT2D eigenvalue weighted by Crippen LogP contribution is -2.34. The molecule has 6 nitrogen and oxygen atoms in total. The van der Waals surface area contributed by atoms with Gasteiger partial charge in [-0.2, -0.15) is 0 Å². The molecular formula is C19H24N2O4S. The predicted molar refractivity (Wildman–Crippen MR) is 100 cm³/mol. The van der Waals surface area contributed by atoms with E-state index in [1.165, 1.54) is 17.7 Å². The third kappa shape index (κ3) is 4.17. The number of nitrogens with one attached hydrogen (secondary N) is 1. The summed E-state index contributed by atoms with van der Waals surface area (Å²) in [5.74, 6) is 1.03. The summed E-state index contributed by atoms with van der Waals surface area (Å²) in [6.07, 6.45) is 0. The number of sulfonamides is 1. The summed E-state index contributed by atoms with van der Waals surface area (Å²) in [6, 6.07) is 12.7. The SMILES string of the molecule is Cc1ccc(C(CNS(=O)(=O)c2ccc3c(c2)OCCO3)N(C)C)cc1. The van der Waals surface area contributed by atoms with Crippen molar-refractivity contribution in [2.45, 2.75) is 17.9 Å². The molecule has 1 atom stereocenters. The van der Waals surface area contributed by atoms with Crippen molar-refractivity contribution in [2.24, 2.45) is 0 Å². The molecule has 0 radical (unpaired) electrons. The van der Waals surface area contributed by atoms with Gasteiger partial charge in [-0.15, -0.1) is 0 Å². The van der Waals surface area contributed by atoms with Crippen molar-refractivity contribution in [3.63, 3.8) is 0 Å². The summed E-state index contributed by atoms with van der Waals surface area (Å²) in [5, 5.41) is 0. The van der Waals surface area contributed by atoms with Crippen LogP contribution in [0.2, 0.25) is 0 Å². The Balaban J connectivity index is 1.77. The zero-order chi connectivity index (χ0) is 18.7. The van der Waals surface area contributed by atoms with E-state index >= 15 is 0 Å². The van der Waals surface area contributed by atoms with Crippen molar-refractivity contribution in [2.75, 3.05) is 33.9 Å². The average molecular weight is 376 g/mol. The highest BCUT2D eigenvalue weighted by Gasteiger charge is 2.22. The monoisotopic (exact) mass is 376 g/mol. The highest BCUT2D eigenvalue weighted by molar-refractivity contribution is 7.89. The van der Waals surface area contributed by atoms with Gasteiger partial charge in [0.15, 0.2) is 11.5 Å². The average Bonchev–Trinajstić information content (AvgIpc) is 2.62. The maximum absolute atomic E-state index is 12.7. The van der Waals surface area contributed by atoms with Gasteiger partial charge in [-0.05, 0) is 38.7 Å². The number of rotatable bonds is 6. The highest BCUT2D eigenvalue weighted by atomic mass is 32.2. The van der Waals surface area contributed by atoms with Gasteiger partial charge in [0.2, 0.25) is 10.0 Å². The zero-order valence-electron chi connectivity index (χ0n) is 15.2. The lowest BCUT2D eigenvalue weighted by atomic mass is 10.0. The molecule has 0 aromatic heterocycles. The fourth-order valence-corrected chi connectivity index (χ4v) is 3.90. The summed E-state index contributed by atoms with van der Waals surface area (Å²) in [4.78, 5) is 2.17. The first-order valence-electron chi connectivity index (χ1n) is 8.49. The van der Waals surface area contributed by atoms with Crippen LogP contribution >= 0.6 is 0 Å². The molecule has 140 valence electrons. The van der Waals surface area contributed by atoms with Crippen LogP contribution < -0.4 is 14.2 Å². The number of hydrogen-bond donors (Lipinski definition) is 1. The van der Waals surface area contributed by atoms with E-state index in [4.69, 9.17) is 9.47 Å². The van der Waals surface area contributed by atoms with Crippen LogP contribution in [0, 0.1) is 6.92 Å². The number of hydrogen-bond acceptors (Lipinski definition) is 5. The number of benzene rings is 2. The molecule has 3 rings (SSSR count). The van der Waals surface area contributed by atoms with E-state index in [9.17, 15) is 8.42 Å². The van der Waals surface area contributed by atoms with Crippen molar-refractivity contribution < 1.29 is 17.9 Å². The normalized spacial score (nSPS) is 15.1. The minimum Gasteiger partial charge on any atom is -0.486 e. The maximum atomic E-state index is 12.7. The molecule has 0 saturated carbocycles. The largest absolute Gasteiger partial charge is 0.486 e. The van der Waals surface area contributed by atoms with E-state index in [1.807, 2.05) is 50.2 Å². The highest BCUT2D eigenvalue weighted by Crippen LogP contribution is 2.32. The van der Waals surface area contributed by atoms with Gasteiger partial charge < -0.3 is 14.4 Å². The molecule has 2 aromatic carbocycles. The predicted octanol–water partition coefficient (Wildman–Crippen LogP) is 2.35. The van der Waals surface area contributed by atoms with E-state index in [0.717, 1.165) is 5.56 Å². The Morgan fingerprint density at radius 3 is 2.35 bits per heavy atom. The summed E-state index contributed by atoms with van der Waals surface area (Å²) < 4.78 is 39.0. The van der Waals surface area contributed by atoms with E-state index in [-0.39, 0.29) is 17.5 Å². The molecule has 1 aliphatic heterocycles. The van der Waals surface area contributed by atoms with Crippen LogP contribution in [0.25, 0.3) is 0 Å². The lowest BCUT2D eigenvalue weighted by Gasteiger charge is -2.25. The minimum atomic E-state index is -3.65.